The van der Waals surface area contributed by atoms with Gasteiger partial charge in [0.25, 0.3) is 0 Å². The monoisotopic (exact) mass is 280 g/mol. The van der Waals surface area contributed by atoms with E-state index in [1.165, 1.54) is 36.8 Å². The molecule has 1 aromatic rings. The summed E-state index contributed by atoms with van der Waals surface area (Å²) in [6.45, 7) is 4.43. The van der Waals surface area contributed by atoms with Crippen molar-refractivity contribution >= 4 is 15.9 Å². The SMILES string of the molecule is Cc1ccc(C(CBr)C2CCCC2)c(C)c1. The second-order valence-electron chi connectivity index (χ2n) is 5.17. The van der Waals surface area contributed by atoms with Crippen LogP contribution in [-0.2, 0) is 0 Å². The van der Waals surface area contributed by atoms with Gasteiger partial charge in [-0.05, 0) is 49.7 Å². The van der Waals surface area contributed by atoms with Crippen molar-refractivity contribution in [2.45, 2.75) is 45.4 Å². The fraction of sp³-hybridized carbons (Fsp3) is 0.600. The van der Waals surface area contributed by atoms with Gasteiger partial charge in [-0.2, -0.15) is 0 Å². The largest absolute Gasteiger partial charge is 0.0921 e. The molecule has 1 atom stereocenters. The van der Waals surface area contributed by atoms with Crippen LogP contribution in [0.4, 0.5) is 0 Å². The molecule has 0 aromatic heterocycles. The summed E-state index contributed by atoms with van der Waals surface area (Å²) in [5.74, 6) is 1.63. The molecule has 1 unspecified atom stereocenters. The van der Waals surface area contributed by atoms with E-state index in [1.807, 2.05) is 0 Å². The molecule has 2 rings (SSSR count). The van der Waals surface area contributed by atoms with Gasteiger partial charge in [0.05, 0.1) is 0 Å². The third-order valence-corrected chi connectivity index (χ3v) is 4.66. The lowest BCUT2D eigenvalue weighted by atomic mass is 9.84. The van der Waals surface area contributed by atoms with Crippen LogP contribution in [0, 0.1) is 19.8 Å². The first-order chi connectivity index (χ1) is 7.72. The van der Waals surface area contributed by atoms with Gasteiger partial charge in [0, 0.05) is 5.33 Å². The molecule has 1 saturated carbocycles. The van der Waals surface area contributed by atoms with Crippen molar-refractivity contribution in [2.75, 3.05) is 5.33 Å². The van der Waals surface area contributed by atoms with Gasteiger partial charge in [0.2, 0.25) is 0 Å². The van der Waals surface area contributed by atoms with E-state index >= 15 is 0 Å². The van der Waals surface area contributed by atoms with E-state index in [1.54, 1.807) is 5.56 Å². The van der Waals surface area contributed by atoms with Gasteiger partial charge in [0.1, 0.15) is 0 Å². The Morgan fingerprint density at radius 1 is 1.25 bits per heavy atom. The molecule has 1 aliphatic carbocycles. The zero-order valence-electron chi connectivity index (χ0n) is 10.3. The summed E-state index contributed by atoms with van der Waals surface area (Å²) < 4.78 is 0. The van der Waals surface area contributed by atoms with Crippen molar-refractivity contribution in [3.8, 4) is 0 Å². The normalized spacial score (nSPS) is 18.9. The van der Waals surface area contributed by atoms with E-state index in [0.717, 1.165) is 17.2 Å². The fourth-order valence-corrected chi connectivity index (χ4v) is 3.94. The van der Waals surface area contributed by atoms with E-state index in [0.29, 0.717) is 0 Å². The number of benzene rings is 1. The van der Waals surface area contributed by atoms with Gasteiger partial charge in [0.15, 0.2) is 0 Å². The Morgan fingerprint density at radius 2 is 1.94 bits per heavy atom. The van der Waals surface area contributed by atoms with E-state index in [-0.39, 0.29) is 0 Å². The molecule has 88 valence electrons. The molecule has 0 heterocycles. The molecule has 1 heteroatoms. The summed E-state index contributed by atoms with van der Waals surface area (Å²) in [5, 5.41) is 1.11. The molecule has 1 aliphatic rings. The molecular formula is C15H21Br. The maximum atomic E-state index is 3.72. The van der Waals surface area contributed by atoms with Gasteiger partial charge in [-0.15, -0.1) is 0 Å². The number of alkyl halides is 1. The lowest BCUT2D eigenvalue weighted by Gasteiger charge is -2.23. The zero-order chi connectivity index (χ0) is 11.5. The number of halogens is 1. The van der Waals surface area contributed by atoms with Gasteiger partial charge in [-0.1, -0.05) is 52.5 Å². The molecule has 0 bridgehead atoms. The van der Waals surface area contributed by atoms with Crippen molar-refractivity contribution in [3.63, 3.8) is 0 Å². The number of rotatable bonds is 3. The highest BCUT2D eigenvalue weighted by Crippen LogP contribution is 2.39. The second kappa shape index (κ2) is 5.35. The maximum absolute atomic E-state index is 3.72. The summed E-state index contributed by atoms with van der Waals surface area (Å²) in [7, 11) is 0. The Hall–Kier alpha value is -0.300. The highest BCUT2D eigenvalue weighted by molar-refractivity contribution is 9.09. The minimum absolute atomic E-state index is 0.725. The van der Waals surface area contributed by atoms with Crippen LogP contribution >= 0.6 is 15.9 Å². The summed E-state index contributed by atoms with van der Waals surface area (Å²) >= 11 is 3.72. The fourth-order valence-electron chi connectivity index (χ4n) is 3.06. The predicted octanol–water partition coefficient (Wildman–Crippen LogP) is 4.97. The van der Waals surface area contributed by atoms with Gasteiger partial charge < -0.3 is 0 Å². The summed E-state index contributed by atoms with van der Waals surface area (Å²) in [6.07, 6.45) is 5.70. The first-order valence-corrected chi connectivity index (χ1v) is 7.47. The molecule has 0 nitrogen and oxygen atoms in total. The lowest BCUT2D eigenvalue weighted by molar-refractivity contribution is 0.466. The quantitative estimate of drug-likeness (QED) is 0.686. The molecule has 0 radical (unpaired) electrons. The molecule has 1 aromatic carbocycles. The Morgan fingerprint density at radius 3 is 2.50 bits per heavy atom. The van der Waals surface area contributed by atoms with Gasteiger partial charge in [-0.3, -0.25) is 0 Å². The highest BCUT2D eigenvalue weighted by Gasteiger charge is 2.26. The van der Waals surface area contributed by atoms with Crippen molar-refractivity contribution in [3.05, 3.63) is 34.9 Å². The predicted molar refractivity (Wildman–Crippen MR) is 74.4 cm³/mol. The van der Waals surface area contributed by atoms with E-state index in [2.05, 4.69) is 48.0 Å². The zero-order valence-corrected chi connectivity index (χ0v) is 11.9. The molecule has 16 heavy (non-hydrogen) atoms. The minimum atomic E-state index is 0.725. The molecule has 0 amide bonds. The Labute approximate surface area is 108 Å². The summed E-state index contributed by atoms with van der Waals surface area (Å²) in [5.41, 5.74) is 4.41. The van der Waals surface area contributed by atoms with Crippen LogP contribution < -0.4 is 0 Å². The minimum Gasteiger partial charge on any atom is -0.0921 e. The first-order valence-electron chi connectivity index (χ1n) is 6.35. The Kier molecular flexibility index (Phi) is 4.07. The van der Waals surface area contributed by atoms with Crippen LogP contribution in [0.2, 0.25) is 0 Å². The van der Waals surface area contributed by atoms with Crippen molar-refractivity contribution in [1.29, 1.82) is 0 Å². The standard InChI is InChI=1S/C15H21Br/c1-11-7-8-14(12(2)9-11)15(10-16)13-5-3-4-6-13/h7-9,13,15H,3-6,10H2,1-2H3. The third kappa shape index (κ3) is 2.51. The average molecular weight is 281 g/mol. The topological polar surface area (TPSA) is 0 Å². The van der Waals surface area contributed by atoms with Crippen LogP contribution in [0.25, 0.3) is 0 Å². The van der Waals surface area contributed by atoms with Gasteiger partial charge >= 0.3 is 0 Å². The van der Waals surface area contributed by atoms with Crippen molar-refractivity contribution in [1.82, 2.24) is 0 Å². The van der Waals surface area contributed by atoms with E-state index < -0.39 is 0 Å². The maximum Gasteiger partial charge on any atom is 0.0103 e. The number of hydrogen-bond acceptors (Lipinski definition) is 0. The number of aryl methyl sites for hydroxylation is 2. The number of hydrogen-bond donors (Lipinski definition) is 0. The van der Waals surface area contributed by atoms with E-state index in [9.17, 15) is 0 Å². The Balaban J connectivity index is 2.25. The van der Waals surface area contributed by atoms with Crippen LogP contribution in [0.5, 0.6) is 0 Å². The molecule has 0 aliphatic heterocycles. The second-order valence-corrected chi connectivity index (χ2v) is 5.81. The first kappa shape index (κ1) is 12.2. The van der Waals surface area contributed by atoms with E-state index in [4.69, 9.17) is 0 Å². The summed E-state index contributed by atoms with van der Waals surface area (Å²) in [4.78, 5) is 0. The molecule has 1 fully saturated rings. The van der Waals surface area contributed by atoms with Crippen LogP contribution in [0.15, 0.2) is 18.2 Å². The van der Waals surface area contributed by atoms with Crippen LogP contribution in [0.1, 0.15) is 48.3 Å². The van der Waals surface area contributed by atoms with Gasteiger partial charge in [-0.25, -0.2) is 0 Å². The molecule has 0 N–H and O–H groups in total. The molecule has 0 saturated heterocycles. The molecule has 0 spiro atoms. The average Bonchev–Trinajstić information content (AvgIpc) is 2.75. The lowest BCUT2D eigenvalue weighted by Crippen LogP contribution is -2.12. The highest BCUT2D eigenvalue weighted by atomic mass is 79.9. The smallest absolute Gasteiger partial charge is 0.0103 e. The van der Waals surface area contributed by atoms with Crippen molar-refractivity contribution < 1.29 is 0 Å². The van der Waals surface area contributed by atoms with Crippen molar-refractivity contribution in [2.24, 2.45) is 5.92 Å². The summed E-state index contributed by atoms with van der Waals surface area (Å²) in [6, 6.07) is 6.92. The Bertz CT molecular complexity index is 350. The molecular weight excluding hydrogens is 260 g/mol. The third-order valence-electron chi connectivity index (χ3n) is 3.96. The van der Waals surface area contributed by atoms with Crippen LogP contribution in [-0.4, -0.2) is 5.33 Å². The van der Waals surface area contributed by atoms with Crippen LogP contribution in [0.3, 0.4) is 0 Å².